The molecule has 0 saturated carbocycles. The average Bonchev–Trinajstić information content (AvgIpc) is 2.95. The number of ether oxygens (including phenoxy) is 2. The van der Waals surface area contributed by atoms with Gasteiger partial charge in [-0.15, -0.1) is 0 Å². The van der Waals surface area contributed by atoms with Gasteiger partial charge in [-0.3, -0.25) is 4.79 Å². The zero-order chi connectivity index (χ0) is 35.1. The highest BCUT2D eigenvalue weighted by atomic mass is 35.5. The van der Waals surface area contributed by atoms with E-state index in [0.717, 1.165) is 10.5 Å². The Kier molecular flexibility index (Phi) is 13.4. The van der Waals surface area contributed by atoms with Crippen molar-refractivity contribution in [2.45, 2.75) is 52.4 Å². The van der Waals surface area contributed by atoms with Crippen LogP contribution in [0.2, 0.25) is 20.1 Å². The van der Waals surface area contributed by atoms with E-state index in [1.54, 1.807) is 57.2 Å². The Morgan fingerprint density at radius 2 is 1.49 bits per heavy atom. The minimum Gasteiger partial charge on any atom is -0.490 e. The van der Waals surface area contributed by atoms with Gasteiger partial charge in [0.25, 0.3) is 0 Å². The standard InChI is InChI=1S/C33H35Cl4F3N2O5/c1-20-14-26(35)29(27(36)15-20)47-13-12-46-24-10-8-21(9-11-24)16-23(18-42(31(44)45)32(2,3)4)30(43)41(19-33(38,39)40)17-22-6-5-7-25(34)28(22)37/h5-11,14-15,23H,12-13,16-19H2,1-4H3,(H,44,45). The van der Waals surface area contributed by atoms with Gasteiger partial charge in [-0.25, -0.2) is 4.79 Å². The van der Waals surface area contributed by atoms with Crippen molar-refractivity contribution in [1.29, 1.82) is 0 Å². The van der Waals surface area contributed by atoms with Crippen LogP contribution in [-0.4, -0.2) is 64.9 Å². The third-order valence-electron chi connectivity index (χ3n) is 7.01. The predicted octanol–water partition coefficient (Wildman–Crippen LogP) is 9.59. The van der Waals surface area contributed by atoms with E-state index in [9.17, 15) is 27.9 Å². The first-order valence-electron chi connectivity index (χ1n) is 14.4. The minimum atomic E-state index is -4.74. The van der Waals surface area contributed by atoms with E-state index in [-0.39, 0.29) is 41.8 Å². The lowest BCUT2D eigenvalue weighted by molar-refractivity contribution is -0.165. The summed E-state index contributed by atoms with van der Waals surface area (Å²) in [5.74, 6) is -1.25. The van der Waals surface area contributed by atoms with Crippen LogP contribution >= 0.6 is 46.4 Å². The molecule has 3 aromatic carbocycles. The zero-order valence-corrected chi connectivity index (χ0v) is 29.2. The van der Waals surface area contributed by atoms with Crippen LogP contribution in [0.4, 0.5) is 18.0 Å². The Hall–Kier alpha value is -3.05. The fourth-order valence-corrected chi connectivity index (χ4v) is 5.87. The van der Waals surface area contributed by atoms with E-state index in [0.29, 0.717) is 32.0 Å². The van der Waals surface area contributed by atoms with E-state index < -0.39 is 42.7 Å². The molecule has 256 valence electrons. The molecular formula is C33H35Cl4F3N2O5. The Morgan fingerprint density at radius 3 is 2.04 bits per heavy atom. The van der Waals surface area contributed by atoms with Gasteiger partial charge in [0.15, 0.2) is 5.75 Å². The number of carboxylic acid groups (broad SMARTS) is 1. The largest absolute Gasteiger partial charge is 0.490 e. The van der Waals surface area contributed by atoms with E-state index in [2.05, 4.69) is 0 Å². The molecule has 0 aliphatic rings. The Labute approximate surface area is 292 Å². The second-order valence-electron chi connectivity index (χ2n) is 11.9. The summed E-state index contributed by atoms with van der Waals surface area (Å²) in [6.45, 7) is 4.66. The number of nitrogens with zero attached hydrogens (tertiary/aromatic N) is 2. The maximum atomic E-state index is 13.9. The smallest absolute Gasteiger partial charge is 0.407 e. The zero-order valence-electron chi connectivity index (χ0n) is 26.1. The van der Waals surface area contributed by atoms with Crippen LogP contribution in [0.1, 0.15) is 37.5 Å². The number of halogens is 7. The summed E-state index contributed by atoms with van der Waals surface area (Å²) in [7, 11) is 0. The molecule has 0 fully saturated rings. The average molecular weight is 738 g/mol. The SMILES string of the molecule is Cc1cc(Cl)c(OCCOc2ccc(CC(CN(C(=O)O)C(C)(C)C)C(=O)N(Cc3cccc(Cl)c3Cl)CC(F)(F)F)cc2)c(Cl)c1. The molecule has 0 aromatic heterocycles. The quantitative estimate of drug-likeness (QED) is 0.177. The molecule has 3 rings (SSSR count). The summed E-state index contributed by atoms with van der Waals surface area (Å²) in [4.78, 5) is 27.8. The van der Waals surface area contributed by atoms with E-state index >= 15 is 0 Å². The minimum absolute atomic E-state index is 0.0265. The number of alkyl halides is 3. The molecule has 7 nitrogen and oxygen atoms in total. The molecule has 0 aliphatic carbocycles. The van der Waals surface area contributed by atoms with Crippen LogP contribution in [0.3, 0.4) is 0 Å². The van der Waals surface area contributed by atoms with Crippen LogP contribution < -0.4 is 9.47 Å². The number of benzene rings is 3. The van der Waals surface area contributed by atoms with Gasteiger partial charge in [0.05, 0.1) is 26.0 Å². The molecular weight excluding hydrogens is 703 g/mol. The summed E-state index contributed by atoms with van der Waals surface area (Å²) >= 11 is 24.7. The summed E-state index contributed by atoms with van der Waals surface area (Å²) < 4.78 is 52.7. The van der Waals surface area contributed by atoms with Gasteiger partial charge < -0.3 is 24.4 Å². The summed E-state index contributed by atoms with van der Waals surface area (Å²) in [6, 6.07) is 14.5. The van der Waals surface area contributed by atoms with Gasteiger partial charge in [0.1, 0.15) is 25.5 Å². The molecule has 1 atom stereocenters. The third kappa shape index (κ3) is 11.6. The number of aryl methyl sites for hydroxylation is 1. The molecule has 0 heterocycles. The van der Waals surface area contributed by atoms with Crippen molar-refractivity contribution in [2.75, 3.05) is 26.3 Å². The number of amides is 2. The van der Waals surface area contributed by atoms with Crippen molar-refractivity contribution in [3.8, 4) is 11.5 Å². The molecule has 14 heteroatoms. The molecule has 3 aromatic rings. The van der Waals surface area contributed by atoms with Crippen molar-refractivity contribution < 1.29 is 37.3 Å². The molecule has 1 unspecified atom stereocenters. The summed E-state index contributed by atoms with van der Waals surface area (Å²) in [5, 5.41) is 10.8. The lowest BCUT2D eigenvalue weighted by atomic mass is 9.94. The molecule has 0 spiro atoms. The number of rotatable bonds is 13. The molecule has 47 heavy (non-hydrogen) atoms. The maximum absolute atomic E-state index is 13.9. The summed E-state index contributed by atoms with van der Waals surface area (Å²) in [6.07, 6.45) is -6.10. The number of hydrogen-bond donors (Lipinski definition) is 1. The Balaban J connectivity index is 1.81. The highest BCUT2D eigenvalue weighted by molar-refractivity contribution is 6.42. The van der Waals surface area contributed by atoms with Gasteiger partial charge in [-0.05, 0) is 81.1 Å². The molecule has 0 saturated heterocycles. The van der Waals surface area contributed by atoms with Crippen LogP contribution in [0.5, 0.6) is 11.5 Å². The van der Waals surface area contributed by atoms with Crippen LogP contribution in [0.25, 0.3) is 0 Å². The lowest BCUT2D eigenvalue weighted by Gasteiger charge is -2.37. The van der Waals surface area contributed by atoms with E-state index in [1.165, 1.54) is 18.2 Å². The fourth-order valence-electron chi connectivity index (χ4n) is 4.79. The van der Waals surface area contributed by atoms with Crippen molar-refractivity contribution in [3.63, 3.8) is 0 Å². The first-order chi connectivity index (χ1) is 21.9. The van der Waals surface area contributed by atoms with E-state index in [1.807, 2.05) is 6.92 Å². The fraction of sp³-hybridized carbons (Fsp3) is 0.394. The number of carbonyl (C=O) groups excluding carboxylic acids is 1. The number of hydrogen-bond acceptors (Lipinski definition) is 4. The second-order valence-corrected chi connectivity index (χ2v) is 13.5. The predicted molar refractivity (Wildman–Crippen MR) is 178 cm³/mol. The van der Waals surface area contributed by atoms with Crippen molar-refractivity contribution in [3.05, 3.63) is 91.4 Å². The van der Waals surface area contributed by atoms with E-state index in [4.69, 9.17) is 55.9 Å². The monoisotopic (exact) mass is 736 g/mol. The molecule has 0 aliphatic heterocycles. The maximum Gasteiger partial charge on any atom is 0.407 e. The van der Waals surface area contributed by atoms with Gasteiger partial charge >= 0.3 is 12.3 Å². The van der Waals surface area contributed by atoms with Gasteiger partial charge in [-0.2, -0.15) is 13.2 Å². The highest BCUT2D eigenvalue weighted by Gasteiger charge is 2.38. The third-order valence-corrected chi connectivity index (χ3v) is 8.43. The van der Waals surface area contributed by atoms with Crippen molar-refractivity contribution in [1.82, 2.24) is 9.80 Å². The van der Waals surface area contributed by atoms with Gasteiger partial charge in [0, 0.05) is 18.6 Å². The highest BCUT2D eigenvalue weighted by Crippen LogP contribution is 2.34. The van der Waals surface area contributed by atoms with Gasteiger partial charge in [0.2, 0.25) is 5.91 Å². The van der Waals surface area contributed by atoms with Crippen LogP contribution in [0.15, 0.2) is 54.6 Å². The van der Waals surface area contributed by atoms with Crippen molar-refractivity contribution in [2.24, 2.45) is 5.92 Å². The Bertz CT molecular complexity index is 1530. The Morgan fingerprint density at radius 1 is 0.894 bits per heavy atom. The first-order valence-corrected chi connectivity index (χ1v) is 16.0. The van der Waals surface area contributed by atoms with Crippen molar-refractivity contribution >= 4 is 58.4 Å². The topological polar surface area (TPSA) is 79.3 Å². The number of carbonyl (C=O) groups is 2. The molecule has 1 N–H and O–H groups in total. The van der Waals surface area contributed by atoms with Crippen LogP contribution in [-0.2, 0) is 17.8 Å². The van der Waals surface area contributed by atoms with Gasteiger partial charge in [-0.1, -0.05) is 70.7 Å². The van der Waals surface area contributed by atoms with Crippen LogP contribution in [0, 0.1) is 12.8 Å². The molecule has 0 radical (unpaired) electrons. The molecule has 2 amide bonds. The summed E-state index contributed by atoms with van der Waals surface area (Å²) in [5.41, 5.74) is 0.749. The normalized spacial score (nSPS) is 12.4. The molecule has 0 bridgehead atoms. The second kappa shape index (κ2) is 16.4. The lowest BCUT2D eigenvalue weighted by Crippen LogP contribution is -2.51. The first kappa shape index (κ1) is 38.4.